The van der Waals surface area contributed by atoms with Crippen molar-refractivity contribution in [3.63, 3.8) is 0 Å². The first-order chi connectivity index (χ1) is 8.63. The molecule has 1 saturated heterocycles. The Hall–Kier alpha value is -1.10. The van der Waals surface area contributed by atoms with Gasteiger partial charge in [-0.3, -0.25) is 14.5 Å². The van der Waals surface area contributed by atoms with Gasteiger partial charge in [0, 0.05) is 13.6 Å². The number of nitrogens with zero attached hydrogens (tertiary/aromatic N) is 1. The molecule has 1 heterocycles. The van der Waals surface area contributed by atoms with Crippen LogP contribution in [-0.2, 0) is 14.3 Å². The maximum absolute atomic E-state index is 11.9. The Morgan fingerprint density at radius 3 is 2.72 bits per heavy atom. The normalized spacial score (nSPS) is 22.3. The van der Waals surface area contributed by atoms with Gasteiger partial charge in [-0.05, 0) is 32.7 Å². The predicted molar refractivity (Wildman–Crippen MR) is 69.1 cm³/mol. The number of nitrogens with one attached hydrogen (secondary N) is 1. The van der Waals surface area contributed by atoms with Crippen LogP contribution in [0.3, 0.4) is 0 Å². The van der Waals surface area contributed by atoms with Crippen LogP contribution in [-0.4, -0.2) is 49.6 Å². The molecule has 104 valence electrons. The largest absolute Gasteiger partial charge is 0.465 e. The topological polar surface area (TPSA) is 58.6 Å². The van der Waals surface area contributed by atoms with Crippen molar-refractivity contribution >= 4 is 11.9 Å². The van der Waals surface area contributed by atoms with E-state index in [0.717, 1.165) is 25.8 Å². The summed E-state index contributed by atoms with van der Waals surface area (Å²) in [5.41, 5.74) is 0. The molecule has 0 aromatic rings. The van der Waals surface area contributed by atoms with E-state index in [1.807, 2.05) is 13.8 Å². The van der Waals surface area contributed by atoms with Crippen molar-refractivity contribution in [3.8, 4) is 0 Å². The van der Waals surface area contributed by atoms with Gasteiger partial charge in [0.25, 0.3) is 0 Å². The molecule has 0 bridgehead atoms. The number of amides is 1. The zero-order valence-electron chi connectivity index (χ0n) is 11.6. The molecule has 0 aliphatic carbocycles. The summed E-state index contributed by atoms with van der Waals surface area (Å²) in [6, 6.07) is -0.211. The first-order valence-electron chi connectivity index (χ1n) is 6.76. The van der Waals surface area contributed by atoms with Crippen LogP contribution in [0.15, 0.2) is 0 Å². The Morgan fingerprint density at radius 2 is 2.17 bits per heavy atom. The highest BCUT2D eigenvalue weighted by molar-refractivity contribution is 5.79. The monoisotopic (exact) mass is 256 g/mol. The van der Waals surface area contributed by atoms with Crippen LogP contribution in [0, 0.1) is 5.92 Å². The minimum atomic E-state index is -0.211. The highest BCUT2D eigenvalue weighted by Crippen LogP contribution is 2.20. The molecule has 1 aliphatic heterocycles. The van der Waals surface area contributed by atoms with E-state index in [1.165, 1.54) is 0 Å². The Labute approximate surface area is 109 Å². The fourth-order valence-electron chi connectivity index (χ4n) is 2.52. The highest BCUT2D eigenvalue weighted by atomic mass is 16.5. The Bertz CT molecular complexity index is 294. The predicted octanol–water partition coefficient (Wildman–Crippen LogP) is 0.786. The number of hydrogen-bond acceptors (Lipinski definition) is 4. The zero-order valence-corrected chi connectivity index (χ0v) is 11.6. The lowest BCUT2D eigenvalue weighted by atomic mass is 9.95. The van der Waals surface area contributed by atoms with Crippen LogP contribution < -0.4 is 5.32 Å². The summed E-state index contributed by atoms with van der Waals surface area (Å²) >= 11 is 0. The van der Waals surface area contributed by atoms with Crippen LogP contribution in [0.2, 0.25) is 0 Å². The van der Waals surface area contributed by atoms with Crippen LogP contribution in [0.4, 0.5) is 0 Å². The van der Waals surface area contributed by atoms with Gasteiger partial charge in [-0.25, -0.2) is 0 Å². The van der Waals surface area contributed by atoms with E-state index >= 15 is 0 Å². The molecule has 1 fully saturated rings. The van der Waals surface area contributed by atoms with Gasteiger partial charge in [0.2, 0.25) is 5.91 Å². The molecular weight excluding hydrogens is 232 g/mol. The molecule has 5 heteroatoms. The molecule has 18 heavy (non-hydrogen) atoms. The first kappa shape index (κ1) is 15.0. The number of carbonyl (C=O) groups excluding carboxylic acids is 2. The van der Waals surface area contributed by atoms with E-state index in [2.05, 4.69) is 10.2 Å². The van der Waals surface area contributed by atoms with Gasteiger partial charge in [0.05, 0.1) is 12.5 Å². The number of likely N-dealkylation sites (tertiary alicyclic amines) is 1. The lowest BCUT2D eigenvalue weighted by molar-refractivity contribution is -0.151. The third-order valence-corrected chi connectivity index (χ3v) is 3.46. The second-order valence-electron chi connectivity index (χ2n) is 4.62. The summed E-state index contributed by atoms with van der Waals surface area (Å²) in [6.07, 6.45) is 2.57. The highest BCUT2D eigenvalue weighted by Gasteiger charge is 2.32. The number of hydrogen-bond donors (Lipinski definition) is 1. The van der Waals surface area contributed by atoms with E-state index in [0.29, 0.717) is 13.2 Å². The SMILES string of the molecule is CCOC(=O)C(CC)N1CCCC(C(=O)NC)C1. The van der Waals surface area contributed by atoms with Crippen LogP contribution in [0.1, 0.15) is 33.1 Å². The second-order valence-corrected chi connectivity index (χ2v) is 4.62. The lowest BCUT2D eigenvalue weighted by Gasteiger charge is -2.35. The van der Waals surface area contributed by atoms with Crippen LogP contribution in [0.25, 0.3) is 0 Å². The minimum Gasteiger partial charge on any atom is -0.465 e. The van der Waals surface area contributed by atoms with Crippen molar-refractivity contribution in [2.24, 2.45) is 5.92 Å². The molecule has 0 radical (unpaired) electrons. The third kappa shape index (κ3) is 3.70. The Morgan fingerprint density at radius 1 is 1.44 bits per heavy atom. The molecule has 1 N–H and O–H groups in total. The number of esters is 1. The first-order valence-corrected chi connectivity index (χ1v) is 6.76. The van der Waals surface area contributed by atoms with Crippen LogP contribution >= 0.6 is 0 Å². The fourth-order valence-corrected chi connectivity index (χ4v) is 2.52. The summed E-state index contributed by atoms with van der Waals surface area (Å²) in [4.78, 5) is 25.6. The third-order valence-electron chi connectivity index (χ3n) is 3.46. The zero-order chi connectivity index (χ0) is 13.5. The summed E-state index contributed by atoms with van der Waals surface area (Å²) < 4.78 is 5.09. The van der Waals surface area contributed by atoms with E-state index in [9.17, 15) is 9.59 Å². The van der Waals surface area contributed by atoms with Gasteiger partial charge in [0.1, 0.15) is 6.04 Å². The number of rotatable bonds is 5. The summed E-state index contributed by atoms with van der Waals surface area (Å²) in [7, 11) is 1.66. The molecular formula is C13H24N2O3. The molecule has 0 saturated carbocycles. The Balaban J connectivity index is 2.63. The minimum absolute atomic E-state index is 0.00720. The van der Waals surface area contributed by atoms with Gasteiger partial charge in [0.15, 0.2) is 0 Å². The summed E-state index contributed by atoms with van der Waals surface area (Å²) in [6.45, 7) is 5.71. The van der Waals surface area contributed by atoms with Crippen molar-refractivity contribution in [2.75, 3.05) is 26.7 Å². The number of piperidine rings is 1. The van der Waals surface area contributed by atoms with E-state index < -0.39 is 0 Å². The lowest BCUT2D eigenvalue weighted by Crippen LogP contribution is -2.49. The maximum Gasteiger partial charge on any atom is 0.323 e. The quantitative estimate of drug-likeness (QED) is 0.739. The van der Waals surface area contributed by atoms with Crippen molar-refractivity contribution in [1.82, 2.24) is 10.2 Å². The van der Waals surface area contributed by atoms with Gasteiger partial charge < -0.3 is 10.1 Å². The van der Waals surface area contributed by atoms with Gasteiger partial charge >= 0.3 is 5.97 Å². The van der Waals surface area contributed by atoms with Crippen molar-refractivity contribution in [2.45, 2.75) is 39.2 Å². The van der Waals surface area contributed by atoms with Gasteiger partial charge in [-0.1, -0.05) is 6.92 Å². The molecule has 0 aromatic carbocycles. The molecule has 5 nitrogen and oxygen atoms in total. The molecule has 0 aromatic heterocycles. The van der Waals surface area contributed by atoms with Crippen molar-refractivity contribution in [1.29, 1.82) is 0 Å². The maximum atomic E-state index is 11.9. The molecule has 1 amide bonds. The van der Waals surface area contributed by atoms with Crippen molar-refractivity contribution in [3.05, 3.63) is 0 Å². The number of carbonyl (C=O) groups is 2. The second kappa shape index (κ2) is 7.36. The molecule has 2 atom stereocenters. The van der Waals surface area contributed by atoms with Crippen molar-refractivity contribution < 1.29 is 14.3 Å². The van der Waals surface area contributed by atoms with E-state index in [-0.39, 0.29) is 23.8 Å². The molecule has 2 unspecified atom stereocenters. The number of ether oxygens (including phenoxy) is 1. The van der Waals surface area contributed by atoms with Crippen LogP contribution in [0.5, 0.6) is 0 Å². The Kier molecular flexibility index (Phi) is 6.12. The fraction of sp³-hybridized carbons (Fsp3) is 0.846. The smallest absolute Gasteiger partial charge is 0.323 e. The molecule has 1 rings (SSSR count). The molecule has 1 aliphatic rings. The van der Waals surface area contributed by atoms with E-state index in [1.54, 1.807) is 7.05 Å². The summed E-state index contributed by atoms with van der Waals surface area (Å²) in [5, 5.41) is 2.68. The average Bonchev–Trinajstić information content (AvgIpc) is 2.39. The average molecular weight is 256 g/mol. The summed E-state index contributed by atoms with van der Waals surface area (Å²) in [5.74, 6) is -0.108. The standard InChI is InChI=1S/C13H24N2O3/c1-4-11(13(17)18-5-2)15-8-6-7-10(9-15)12(16)14-3/h10-11H,4-9H2,1-3H3,(H,14,16). The van der Waals surface area contributed by atoms with Gasteiger partial charge in [-0.15, -0.1) is 0 Å². The van der Waals surface area contributed by atoms with Gasteiger partial charge in [-0.2, -0.15) is 0 Å². The van der Waals surface area contributed by atoms with E-state index in [4.69, 9.17) is 4.74 Å². The molecule has 0 spiro atoms.